The zero-order valence-corrected chi connectivity index (χ0v) is 11.4. The molecular formula is C14H22N2O2. The van der Waals surface area contributed by atoms with Gasteiger partial charge in [0.05, 0.1) is 7.11 Å². The summed E-state index contributed by atoms with van der Waals surface area (Å²) in [6, 6.07) is 4.10. The number of nitrogens with two attached hydrogens (primary N) is 1. The van der Waals surface area contributed by atoms with E-state index in [1.54, 1.807) is 7.11 Å². The standard InChI is InChI=1S/C14H22N2O2/c1-10-7-11(2)14(18-3)12(8-10)9-16-13(17)5-4-6-15/h7-8H,4-6,9,15H2,1-3H3,(H,16,17). The second-order valence-electron chi connectivity index (χ2n) is 4.44. The van der Waals surface area contributed by atoms with Crippen LogP contribution in [0.15, 0.2) is 12.1 Å². The van der Waals surface area contributed by atoms with Crippen molar-refractivity contribution in [3.8, 4) is 5.75 Å². The van der Waals surface area contributed by atoms with Crippen LogP contribution in [0.2, 0.25) is 0 Å². The van der Waals surface area contributed by atoms with Gasteiger partial charge in [0.1, 0.15) is 5.75 Å². The maximum Gasteiger partial charge on any atom is 0.220 e. The Morgan fingerprint density at radius 1 is 1.39 bits per heavy atom. The topological polar surface area (TPSA) is 64.3 Å². The number of amides is 1. The Balaban J connectivity index is 2.69. The van der Waals surface area contributed by atoms with Gasteiger partial charge in [-0.15, -0.1) is 0 Å². The predicted molar refractivity (Wildman–Crippen MR) is 72.6 cm³/mol. The number of nitrogens with one attached hydrogen (secondary N) is 1. The van der Waals surface area contributed by atoms with Crippen LogP contribution in [0.5, 0.6) is 5.75 Å². The fourth-order valence-electron chi connectivity index (χ4n) is 2.01. The quantitative estimate of drug-likeness (QED) is 0.807. The summed E-state index contributed by atoms with van der Waals surface area (Å²) in [5.41, 5.74) is 8.63. The first-order valence-electron chi connectivity index (χ1n) is 6.19. The summed E-state index contributed by atoms with van der Waals surface area (Å²) in [4.78, 5) is 11.5. The molecule has 0 unspecified atom stereocenters. The number of hydrogen-bond acceptors (Lipinski definition) is 3. The van der Waals surface area contributed by atoms with Gasteiger partial charge in [0, 0.05) is 18.5 Å². The summed E-state index contributed by atoms with van der Waals surface area (Å²) in [5, 5.41) is 2.89. The zero-order chi connectivity index (χ0) is 13.5. The van der Waals surface area contributed by atoms with Gasteiger partial charge < -0.3 is 15.8 Å². The molecular weight excluding hydrogens is 228 g/mol. The van der Waals surface area contributed by atoms with Crippen molar-refractivity contribution < 1.29 is 9.53 Å². The van der Waals surface area contributed by atoms with Crippen molar-refractivity contribution in [3.05, 3.63) is 28.8 Å². The van der Waals surface area contributed by atoms with E-state index in [4.69, 9.17) is 10.5 Å². The molecule has 4 heteroatoms. The number of carbonyl (C=O) groups is 1. The Bertz CT molecular complexity index is 417. The molecule has 0 saturated heterocycles. The highest BCUT2D eigenvalue weighted by Crippen LogP contribution is 2.24. The van der Waals surface area contributed by atoms with E-state index in [1.807, 2.05) is 19.9 Å². The number of carbonyl (C=O) groups excluding carboxylic acids is 1. The smallest absolute Gasteiger partial charge is 0.220 e. The fraction of sp³-hybridized carbons (Fsp3) is 0.500. The van der Waals surface area contributed by atoms with Crippen molar-refractivity contribution in [2.45, 2.75) is 33.2 Å². The van der Waals surface area contributed by atoms with E-state index in [9.17, 15) is 4.79 Å². The molecule has 0 atom stereocenters. The highest BCUT2D eigenvalue weighted by atomic mass is 16.5. The largest absolute Gasteiger partial charge is 0.496 e. The molecule has 0 spiro atoms. The summed E-state index contributed by atoms with van der Waals surface area (Å²) in [6.07, 6.45) is 1.19. The third-order valence-corrected chi connectivity index (χ3v) is 2.78. The molecule has 0 bridgehead atoms. The molecule has 0 aliphatic carbocycles. The van der Waals surface area contributed by atoms with E-state index >= 15 is 0 Å². The van der Waals surface area contributed by atoms with Gasteiger partial charge in [-0.3, -0.25) is 4.79 Å². The molecule has 0 saturated carbocycles. The number of rotatable bonds is 6. The van der Waals surface area contributed by atoms with Gasteiger partial charge >= 0.3 is 0 Å². The van der Waals surface area contributed by atoms with Crippen molar-refractivity contribution in [1.29, 1.82) is 0 Å². The van der Waals surface area contributed by atoms with Crippen LogP contribution in [0, 0.1) is 13.8 Å². The van der Waals surface area contributed by atoms with E-state index in [0.717, 1.165) is 23.3 Å². The third kappa shape index (κ3) is 4.04. The van der Waals surface area contributed by atoms with Crippen LogP contribution >= 0.6 is 0 Å². The maximum atomic E-state index is 11.5. The number of ether oxygens (including phenoxy) is 1. The SMILES string of the molecule is COc1c(C)cc(C)cc1CNC(=O)CCCN. The molecule has 0 heterocycles. The first-order chi connectivity index (χ1) is 8.58. The minimum Gasteiger partial charge on any atom is -0.496 e. The lowest BCUT2D eigenvalue weighted by molar-refractivity contribution is -0.121. The minimum atomic E-state index is 0.0293. The van der Waals surface area contributed by atoms with Crippen LogP contribution in [-0.2, 0) is 11.3 Å². The molecule has 0 aliphatic rings. The van der Waals surface area contributed by atoms with Crippen LogP contribution in [0.25, 0.3) is 0 Å². The van der Waals surface area contributed by atoms with E-state index < -0.39 is 0 Å². The van der Waals surface area contributed by atoms with Crippen LogP contribution < -0.4 is 15.8 Å². The fourth-order valence-corrected chi connectivity index (χ4v) is 2.01. The third-order valence-electron chi connectivity index (χ3n) is 2.78. The molecule has 1 aromatic carbocycles. The first kappa shape index (κ1) is 14.5. The molecule has 0 aromatic heterocycles. The van der Waals surface area contributed by atoms with Gasteiger partial charge in [-0.2, -0.15) is 0 Å². The lowest BCUT2D eigenvalue weighted by Gasteiger charge is -2.13. The summed E-state index contributed by atoms with van der Waals surface area (Å²) in [7, 11) is 1.65. The molecule has 1 amide bonds. The lowest BCUT2D eigenvalue weighted by Crippen LogP contribution is -2.23. The molecule has 4 nitrogen and oxygen atoms in total. The van der Waals surface area contributed by atoms with Crippen LogP contribution in [0.3, 0.4) is 0 Å². The summed E-state index contributed by atoms with van der Waals surface area (Å²) in [6.45, 7) is 5.08. The Kier molecular flexibility index (Phi) is 5.65. The van der Waals surface area contributed by atoms with Crippen LogP contribution in [0.4, 0.5) is 0 Å². The van der Waals surface area contributed by atoms with E-state index in [0.29, 0.717) is 19.5 Å². The van der Waals surface area contributed by atoms with E-state index in [1.165, 1.54) is 5.56 Å². The van der Waals surface area contributed by atoms with Gasteiger partial charge in [-0.1, -0.05) is 17.7 Å². The van der Waals surface area contributed by atoms with E-state index in [2.05, 4.69) is 11.4 Å². The first-order valence-corrected chi connectivity index (χ1v) is 6.19. The second-order valence-corrected chi connectivity index (χ2v) is 4.44. The van der Waals surface area contributed by atoms with Gasteiger partial charge in [0.15, 0.2) is 0 Å². The predicted octanol–water partition coefficient (Wildman–Crippen LogP) is 1.67. The molecule has 1 aromatic rings. The van der Waals surface area contributed by atoms with Crippen molar-refractivity contribution in [2.75, 3.05) is 13.7 Å². The second kappa shape index (κ2) is 7.01. The van der Waals surface area contributed by atoms with Crippen molar-refractivity contribution in [2.24, 2.45) is 5.73 Å². The zero-order valence-electron chi connectivity index (χ0n) is 11.4. The number of aryl methyl sites for hydroxylation is 2. The number of hydrogen-bond donors (Lipinski definition) is 2. The highest BCUT2D eigenvalue weighted by molar-refractivity contribution is 5.75. The average Bonchev–Trinajstić information content (AvgIpc) is 2.33. The Labute approximate surface area is 109 Å². The van der Waals surface area contributed by atoms with Gasteiger partial charge in [0.2, 0.25) is 5.91 Å². The Morgan fingerprint density at radius 2 is 2.11 bits per heavy atom. The lowest BCUT2D eigenvalue weighted by atomic mass is 10.1. The molecule has 100 valence electrons. The van der Waals surface area contributed by atoms with Gasteiger partial charge in [0.25, 0.3) is 0 Å². The number of methoxy groups -OCH3 is 1. The number of benzene rings is 1. The summed E-state index contributed by atoms with van der Waals surface area (Å²) < 4.78 is 5.37. The van der Waals surface area contributed by atoms with Crippen molar-refractivity contribution in [1.82, 2.24) is 5.32 Å². The summed E-state index contributed by atoms with van der Waals surface area (Å²) in [5.74, 6) is 0.876. The molecule has 0 fully saturated rings. The molecule has 18 heavy (non-hydrogen) atoms. The maximum absolute atomic E-state index is 11.5. The van der Waals surface area contributed by atoms with E-state index in [-0.39, 0.29) is 5.91 Å². The molecule has 3 N–H and O–H groups in total. The molecule has 1 rings (SSSR count). The molecule has 0 aliphatic heterocycles. The minimum absolute atomic E-state index is 0.0293. The van der Waals surface area contributed by atoms with Gasteiger partial charge in [-0.05, 0) is 32.4 Å². The van der Waals surface area contributed by atoms with Crippen molar-refractivity contribution in [3.63, 3.8) is 0 Å². The normalized spacial score (nSPS) is 10.2. The Hall–Kier alpha value is -1.55. The monoisotopic (exact) mass is 250 g/mol. The molecule has 0 radical (unpaired) electrons. The Morgan fingerprint density at radius 3 is 2.72 bits per heavy atom. The van der Waals surface area contributed by atoms with Crippen LogP contribution in [-0.4, -0.2) is 19.6 Å². The summed E-state index contributed by atoms with van der Waals surface area (Å²) >= 11 is 0. The van der Waals surface area contributed by atoms with Crippen LogP contribution in [0.1, 0.15) is 29.5 Å². The highest BCUT2D eigenvalue weighted by Gasteiger charge is 2.08. The average molecular weight is 250 g/mol. The van der Waals surface area contributed by atoms with Crippen molar-refractivity contribution >= 4 is 5.91 Å². The van der Waals surface area contributed by atoms with Gasteiger partial charge in [-0.25, -0.2) is 0 Å².